The van der Waals surface area contributed by atoms with Crippen molar-refractivity contribution >= 4 is 17.8 Å². The van der Waals surface area contributed by atoms with E-state index in [0.717, 1.165) is 30.6 Å². The molecule has 0 aromatic heterocycles. The van der Waals surface area contributed by atoms with Crippen LogP contribution in [0.2, 0.25) is 0 Å². The third-order valence-corrected chi connectivity index (χ3v) is 5.56. The second kappa shape index (κ2) is 7.89. The minimum Gasteiger partial charge on any atom is -0.354 e. The van der Waals surface area contributed by atoms with Crippen LogP contribution in [0.3, 0.4) is 0 Å². The summed E-state index contributed by atoms with van der Waals surface area (Å²) in [7, 11) is 0. The molecule has 4 amide bonds. The van der Waals surface area contributed by atoms with Gasteiger partial charge in [-0.3, -0.25) is 14.5 Å². The molecular weight excluding hydrogens is 330 g/mol. The molecule has 1 heterocycles. The average Bonchev–Trinajstić information content (AvgIpc) is 2.88. The fourth-order valence-electron chi connectivity index (χ4n) is 3.97. The van der Waals surface area contributed by atoms with Crippen molar-refractivity contribution in [3.05, 3.63) is 35.9 Å². The number of carbonyl (C=O) groups is 3. The fraction of sp³-hybridized carbons (Fsp3) is 0.550. The van der Waals surface area contributed by atoms with E-state index in [1.54, 1.807) is 0 Å². The molecule has 1 aromatic rings. The van der Waals surface area contributed by atoms with E-state index in [0.29, 0.717) is 19.4 Å². The van der Waals surface area contributed by atoms with Crippen LogP contribution < -0.4 is 10.6 Å². The van der Waals surface area contributed by atoms with Crippen LogP contribution in [-0.4, -0.2) is 41.4 Å². The summed E-state index contributed by atoms with van der Waals surface area (Å²) in [4.78, 5) is 38.3. The first-order chi connectivity index (χ1) is 12.6. The van der Waals surface area contributed by atoms with Gasteiger partial charge in [0.15, 0.2) is 0 Å². The molecule has 1 aromatic carbocycles. The zero-order valence-corrected chi connectivity index (χ0v) is 15.3. The van der Waals surface area contributed by atoms with Crippen LogP contribution in [0.5, 0.6) is 0 Å². The van der Waals surface area contributed by atoms with Gasteiger partial charge in [0.1, 0.15) is 12.1 Å². The van der Waals surface area contributed by atoms with Crippen molar-refractivity contribution in [3.8, 4) is 0 Å². The van der Waals surface area contributed by atoms with E-state index in [4.69, 9.17) is 0 Å². The predicted octanol–water partition coefficient (Wildman–Crippen LogP) is 2.55. The van der Waals surface area contributed by atoms with Gasteiger partial charge in [-0.25, -0.2) is 4.79 Å². The summed E-state index contributed by atoms with van der Waals surface area (Å²) in [5.74, 6) is -0.323. The minimum absolute atomic E-state index is 0.211. The molecule has 26 heavy (non-hydrogen) atoms. The number of hydrogen-bond donors (Lipinski definition) is 2. The summed E-state index contributed by atoms with van der Waals surface area (Å²) < 4.78 is 0. The monoisotopic (exact) mass is 357 g/mol. The fourth-order valence-corrected chi connectivity index (χ4v) is 3.97. The Morgan fingerprint density at radius 2 is 1.88 bits per heavy atom. The maximum Gasteiger partial charge on any atom is 0.325 e. The molecule has 2 aliphatic rings. The molecule has 3 rings (SSSR count). The Bertz CT molecular complexity index is 668. The zero-order chi connectivity index (χ0) is 18.6. The van der Waals surface area contributed by atoms with Crippen molar-refractivity contribution in [1.29, 1.82) is 0 Å². The maximum absolute atomic E-state index is 12.7. The third-order valence-electron chi connectivity index (χ3n) is 5.56. The highest BCUT2D eigenvalue weighted by Crippen LogP contribution is 2.33. The number of nitrogens with zero attached hydrogens (tertiary/aromatic N) is 1. The summed E-state index contributed by atoms with van der Waals surface area (Å²) in [6.45, 7) is 2.36. The van der Waals surface area contributed by atoms with Crippen molar-refractivity contribution < 1.29 is 14.4 Å². The van der Waals surface area contributed by atoms with E-state index in [9.17, 15) is 14.4 Å². The lowest BCUT2D eigenvalue weighted by Crippen LogP contribution is -2.49. The third kappa shape index (κ3) is 3.74. The summed E-state index contributed by atoms with van der Waals surface area (Å²) >= 11 is 0. The number of amides is 4. The molecule has 1 spiro atoms. The largest absolute Gasteiger partial charge is 0.354 e. The van der Waals surface area contributed by atoms with Gasteiger partial charge in [0.2, 0.25) is 5.91 Å². The van der Waals surface area contributed by atoms with E-state index in [1.807, 2.05) is 30.3 Å². The molecule has 6 heteroatoms. The number of carbonyl (C=O) groups excluding carboxylic acids is 3. The number of hydrogen-bond acceptors (Lipinski definition) is 3. The van der Waals surface area contributed by atoms with E-state index in [2.05, 4.69) is 17.6 Å². The van der Waals surface area contributed by atoms with Crippen molar-refractivity contribution in [2.45, 2.75) is 56.9 Å². The summed E-state index contributed by atoms with van der Waals surface area (Å²) in [6, 6.07) is 9.58. The van der Waals surface area contributed by atoms with E-state index in [-0.39, 0.29) is 24.3 Å². The molecule has 1 saturated heterocycles. The van der Waals surface area contributed by atoms with Crippen molar-refractivity contribution in [2.75, 3.05) is 13.1 Å². The van der Waals surface area contributed by atoms with Crippen molar-refractivity contribution in [1.82, 2.24) is 15.5 Å². The van der Waals surface area contributed by atoms with Crippen LogP contribution in [0.25, 0.3) is 0 Å². The van der Waals surface area contributed by atoms with Crippen molar-refractivity contribution in [3.63, 3.8) is 0 Å². The number of imide groups is 1. The molecule has 2 N–H and O–H groups in total. The Labute approximate surface area is 154 Å². The number of benzene rings is 1. The first-order valence-corrected chi connectivity index (χ1v) is 9.51. The first kappa shape index (κ1) is 18.4. The molecule has 2 fully saturated rings. The lowest BCUT2D eigenvalue weighted by atomic mass is 9.82. The Kier molecular flexibility index (Phi) is 5.59. The smallest absolute Gasteiger partial charge is 0.325 e. The van der Waals surface area contributed by atoms with E-state index < -0.39 is 11.6 Å². The normalized spacial score (nSPS) is 20.1. The molecule has 1 unspecified atom stereocenters. The highest BCUT2D eigenvalue weighted by molar-refractivity contribution is 6.09. The van der Waals surface area contributed by atoms with Crippen LogP contribution in [0.1, 0.15) is 56.9 Å². The van der Waals surface area contributed by atoms with Gasteiger partial charge in [0, 0.05) is 12.5 Å². The molecule has 6 nitrogen and oxygen atoms in total. The van der Waals surface area contributed by atoms with Crippen molar-refractivity contribution in [2.24, 2.45) is 0 Å². The molecule has 1 aliphatic heterocycles. The van der Waals surface area contributed by atoms with Crippen LogP contribution >= 0.6 is 0 Å². The Balaban J connectivity index is 1.56. The first-order valence-electron chi connectivity index (χ1n) is 9.51. The molecule has 1 saturated carbocycles. The van der Waals surface area contributed by atoms with Gasteiger partial charge in [-0.1, -0.05) is 56.5 Å². The number of urea groups is 1. The lowest BCUT2D eigenvalue weighted by molar-refractivity contribution is -0.135. The summed E-state index contributed by atoms with van der Waals surface area (Å²) in [5, 5.41) is 5.71. The predicted molar refractivity (Wildman–Crippen MR) is 98.5 cm³/mol. The topological polar surface area (TPSA) is 78.5 Å². The quantitative estimate of drug-likeness (QED) is 0.768. The van der Waals surface area contributed by atoms with Crippen LogP contribution in [-0.2, 0) is 9.59 Å². The minimum atomic E-state index is -0.772. The lowest BCUT2D eigenvalue weighted by Gasteiger charge is -2.30. The van der Waals surface area contributed by atoms with Crippen LogP contribution in [0.4, 0.5) is 4.79 Å². The van der Waals surface area contributed by atoms with E-state index in [1.165, 1.54) is 5.56 Å². The summed E-state index contributed by atoms with van der Waals surface area (Å²) in [6.07, 6.45) is 5.19. The highest BCUT2D eigenvalue weighted by atomic mass is 16.2. The molecule has 140 valence electrons. The average molecular weight is 357 g/mol. The Hall–Kier alpha value is -2.37. The maximum atomic E-state index is 12.7. The van der Waals surface area contributed by atoms with Gasteiger partial charge < -0.3 is 10.6 Å². The van der Waals surface area contributed by atoms with Gasteiger partial charge in [0.05, 0.1) is 0 Å². The van der Waals surface area contributed by atoms with E-state index >= 15 is 0 Å². The SMILES string of the molecule is CCC(CNC(=O)CN1C(=O)NC2(CCCCC2)C1=O)c1ccccc1. The Morgan fingerprint density at radius 1 is 1.19 bits per heavy atom. The van der Waals surface area contributed by atoms with Gasteiger partial charge in [-0.2, -0.15) is 0 Å². The van der Waals surface area contributed by atoms with Gasteiger partial charge >= 0.3 is 6.03 Å². The Morgan fingerprint density at radius 3 is 2.54 bits per heavy atom. The number of nitrogens with one attached hydrogen (secondary N) is 2. The van der Waals surface area contributed by atoms with Gasteiger partial charge in [-0.05, 0) is 24.8 Å². The molecule has 0 bridgehead atoms. The highest BCUT2D eigenvalue weighted by Gasteiger charge is 2.51. The zero-order valence-electron chi connectivity index (χ0n) is 15.3. The molecular formula is C20H27N3O3. The van der Waals surface area contributed by atoms with Gasteiger partial charge in [-0.15, -0.1) is 0 Å². The second-order valence-corrected chi connectivity index (χ2v) is 7.28. The number of rotatable bonds is 6. The molecule has 0 radical (unpaired) electrons. The standard InChI is InChI=1S/C20H27N3O3/c1-2-15(16-9-5-3-6-10-16)13-21-17(24)14-23-18(25)20(22-19(23)26)11-7-4-8-12-20/h3,5-6,9-10,15H,2,4,7-8,11-14H2,1H3,(H,21,24)(H,22,26). The molecule has 1 aliphatic carbocycles. The molecule has 1 atom stereocenters. The van der Waals surface area contributed by atoms with Crippen LogP contribution in [0, 0.1) is 0 Å². The van der Waals surface area contributed by atoms with Gasteiger partial charge in [0.25, 0.3) is 5.91 Å². The summed E-state index contributed by atoms with van der Waals surface area (Å²) in [5.41, 5.74) is 0.400. The van der Waals surface area contributed by atoms with Crippen LogP contribution in [0.15, 0.2) is 30.3 Å². The second-order valence-electron chi connectivity index (χ2n) is 7.28.